The molecule has 4 nitrogen and oxygen atoms in total. The summed E-state index contributed by atoms with van der Waals surface area (Å²) in [7, 11) is 0. The van der Waals surface area contributed by atoms with Crippen LogP contribution >= 0.6 is 0 Å². The molecule has 0 aliphatic carbocycles. The van der Waals surface area contributed by atoms with E-state index in [-0.39, 0.29) is 6.10 Å². The summed E-state index contributed by atoms with van der Waals surface area (Å²) in [5.41, 5.74) is 0. The highest BCUT2D eigenvalue weighted by Crippen LogP contribution is 2.08. The number of rotatable bonds is 6. The molecule has 96 valence electrons. The van der Waals surface area contributed by atoms with Crippen molar-refractivity contribution in [3.63, 3.8) is 0 Å². The quantitative estimate of drug-likeness (QED) is 0.780. The van der Waals surface area contributed by atoms with Gasteiger partial charge in [0, 0.05) is 13.1 Å². The molecule has 1 aliphatic heterocycles. The number of aliphatic hydroxyl groups is 1. The van der Waals surface area contributed by atoms with Crippen LogP contribution in [0.15, 0.2) is 16.5 Å². The maximum Gasteiger partial charge on any atom is 0.117 e. The Morgan fingerprint density at radius 3 is 2.82 bits per heavy atom. The van der Waals surface area contributed by atoms with Gasteiger partial charge >= 0.3 is 0 Å². The van der Waals surface area contributed by atoms with E-state index in [9.17, 15) is 5.11 Å². The minimum Gasteiger partial charge on any atom is -0.465 e. The average molecular weight is 238 g/mol. The topological polar surface area (TPSA) is 48.6 Å². The molecule has 0 saturated carbocycles. The highest BCUT2D eigenvalue weighted by Gasteiger charge is 2.15. The molecule has 0 bridgehead atoms. The fraction of sp³-hybridized carbons (Fsp3) is 0.692. The van der Waals surface area contributed by atoms with Gasteiger partial charge in [0.1, 0.15) is 11.5 Å². The number of nitrogens with one attached hydrogen (secondary N) is 1. The van der Waals surface area contributed by atoms with E-state index in [0.717, 1.165) is 31.2 Å². The second-order valence-electron chi connectivity index (χ2n) is 4.80. The number of hydrogen-bond acceptors (Lipinski definition) is 4. The van der Waals surface area contributed by atoms with Gasteiger partial charge in [-0.3, -0.25) is 0 Å². The highest BCUT2D eigenvalue weighted by molar-refractivity contribution is 5.05. The molecule has 2 N–H and O–H groups in total. The van der Waals surface area contributed by atoms with Gasteiger partial charge in [0.05, 0.1) is 12.6 Å². The Hall–Kier alpha value is -0.840. The minimum atomic E-state index is -0.288. The zero-order valence-electron chi connectivity index (χ0n) is 10.5. The molecule has 1 aromatic heterocycles. The number of aryl methyl sites for hydroxylation is 1. The fourth-order valence-corrected chi connectivity index (χ4v) is 2.27. The number of furan rings is 1. The Morgan fingerprint density at radius 2 is 2.18 bits per heavy atom. The summed E-state index contributed by atoms with van der Waals surface area (Å²) >= 11 is 0. The van der Waals surface area contributed by atoms with Crippen molar-refractivity contribution in [2.45, 2.75) is 32.4 Å². The van der Waals surface area contributed by atoms with E-state index < -0.39 is 0 Å². The van der Waals surface area contributed by atoms with Crippen LogP contribution in [0, 0.1) is 6.92 Å². The van der Waals surface area contributed by atoms with E-state index in [1.54, 1.807) is 0 Å². The summed E-state index contributed by atoms with van der Waals surface area (Å²) in [6, 6.07) is 3.92. The molecule has 1 atom stereocenters. The van der Waals surface area contributed by atoms with Crippen LogP contribution in [0.1, 0.15) is 24.4 Å². The first-order chi connectivity index (χ1) is 8.24. The summed E-state index contributed by atoms with van der Waals surface area (Å²) in [4.78, 5) is 2.32. The summed E-state index contributed by atoms with van der Waals surface area (Å²) < 4.78 is 5.44. The average Bonchev–Trinajstić information content (AvgIpc) is 2.90. The van der Waals surface area contributed by atoms with Crippen molar-refractivity contribution in [2.24, 2.45) is 0 Å². The van der Waals surface area contributed by atoms with Gasteiger partial charge in [-0.2, -0.15) is 0 Å². The summed E-state index contributed by atoms with van der Waals surface area (Å²) in [5, 5.41) is 13.1. The SMILES string of the molecule is Cc1ccc(CNCC(O)CN2CCCC2)o1. The number of β-amino-alcohol motifs (C(OH)–C–C–N with tert-alkyl or cyclic N) is 1. The van der Waals surface area contributed by atoms with Gasteiger partial charge in [-0.15, -0.1) is 0 Å². The second kappa shape index (κ2) is 6.19. The molecule has 4 heteroatoms. The molecule has 0 radical (unpaired) electrons. The normalized spacial score (nSPS) is 18.7. The molecule has 0 aromatic carbocycles. The fourth-order valence-electron chi connectivity index (χ4n) is 2.27. The van der Waals surface area contributed by atoms with Crippen LogP contribution in [0.5, 0.6) is 0 Å². The van der Waals surface area contributed by atoms with E-state index in [2.05, 4.69) is 10.2 Å². The van der Waals surface area contributed by atoms with Crippen molar-refractivity contribution in [1.82, 2.24) is 10.2 Å². The first-order valence-corrected chi connectivity index (χ1v) is 6.40. The van der Waals surface area contributed by atoms with Gasteiger partial charge in [0.2, 0.25) is 0 Å². The Bertz CT molecular complexity index is 332. The third kappa shape index (κ3) is 4.15. The Morgan fingerprint density at radius 1 is 1.41 bits per heavy atom. The zero-order chi connectivity index (χ0) is 12.1. The molecule has 1 aromatic rings. The molecular formula is C13H22N2O2. The predicted molar refractivity (Wildman–Crippen MR) is 66.8 cm³/mol. The second-order valence-corrected chi connectivity index (χ2v) is 4.80. The minimum absolute atomic E-state index is 0.288. The third-order valence-electron chi connectivity index (χ3n) is 3.14. The van der Waals surface area contributed by atoms with E-state index in [1.165, 1.54) is 12.8 Å². The molecule has 2 heterocycles. The highest BCUT2D eigenvalue weighted by atomic mass is 16.3. The molecular weight excluding hydrogens is 216 g/mol. The predicted octanol–water partition coefficient (Wildman–Crippen LogP) is 1.13. The Kier molecular flexibility index (Phi) is 4.59. The molecule has 1 aliphatic rings. The van der Waals surface area contributed by atoms with E-state index in [0.29, 0.717) is 13.1 Å². The molecule has 17 heavy (non-hydrogen) atoms. The van der Waals surface area contributed by atoms with Crippen LogP contribution < -0.4 is 5.32 Å². The zero-order valence-corrected chi connectivity index (χ0v) is 10.5. The molecule has 1 unspecified atom stereocenters. The van der Waals surface area contributed by atoms with Crippen LogP contribution in [0.25, 0.3) is 0 Å². The summed E-state index contributed by atoms with van der Waals surface area (Å²) in [6.07, 6.45) is 2.25. The van der Waals surface area contributed by atoms with E-state index in [1.807, 2.05) is 19.1 Å². The van der Waals surface area contributed by atoms with Gasteiger partial charge in [0.25, 0.3) is 0 Å². The number of likely N-dealkylation sites (tertiary alicyclic amines) is 1. The van der Waals surface area contributed by atoms with Crippen molar-refractivity contribution in [1.29, 1.82) is 0 Å². The van der Waals surface area contributed by atoms with Crippen molar-refractivity contribution in [3.8, 4) is 0 Å². The van der Waals surface area contributed by atoms with Gasteiger partial charge in [-0.1, -0.05) is 0 Å². The van der Waals surface area contributed by atoms with E-state index >= 15 is 0 Å². The van der Waals surface area contributed by atoms with Crippen molar-refractivity contribution in [2.75, 3.05) is 26.2 Å². The standard InChI is InChI=1S/C13H22N2O2/c1-11-4-5-13(17-11)9-14-8-12(16)10-15-6-2-3-7-15/h4-5,12,14,16H,2-3,6-10H2,1H3. The lowest BCUT2D eigenvalue weighted by atomic mass is 10.3. The van der Waals surface area contributed by atoms with Gasteiger partial charge in [0.15, 0.2) is 0 Å². The largest absolute Gasteiger partial charge is 0.465 e. The van der Waals surface area contributed by atoms with Crippen molar-refractivity contribution >= 4 is 0 Å². The van der Waals surface area contributed by atoms with Crippen LogP contribution in [-0.4, -0.2) is 42.3 Å². The van der Waals surface area contributed by atoms with Crippen LogP contribution in [-0.2, 0) is 6.54 Å². The molecule has 0 spiro atoms. The first kappa shape index (κ1) is 12.6. The van der Waals surface area contributed by atoms with Gasteiger partial charge in [-0.05, 0) is 45.0 Å². The summed E-state index contributed by atoms with van der Waals surface area (Å²) in [6.45, 7) is 6.29. The molecule has 1 fully saturated rings. The number of nitrogens with zero attached hydrogens (tertiary/aromatic N) is 1. The van der Waals surface area contributed by atoms with Crippen LogP contribution in [0.3, 0.4) is 0 Å². The van der Waals surface area contributed by atoms with E-state index in [4.69, 9.17) is 4.42 Å². The Labute approximate surface area is 103 Å². The molecule has 2 rings (SSSR count). The molecule has 0 amide bonds. The Balaban J connectivity index is 1.60. The first-order valence-electron chi connectivity index (χ1n) is 6.40. The third-order valence-corrected chi connectivity index (χ3v) is 3.14. The number of aliphatic hydroxyl groups excluding tert-OH is 1. The summed E-state index contributed by atoms with van der Waals surface area (Å²) in [5.74, 6) is 1.86. The lowest BCUT2D eigenvalue weighted by molar-refractivity contribution is 0.122. The smallest absolute Gasteiger partial charge is 0.117 e. The lowest BCUT2D eigenvalue weighted by Gasteiger charge is -2.19. The monoisotopic (exact) mass is 238 g/mol. The van der Waals surface area contributed by atoms with Gasteiger partial charge < -0.3 is 19.7 Å². The van der Waals surface area contributed by atoms with Gasteiger partial charge in [-0.25, -0.2) is 0 Å². The molecule has 1 saturated heterocycles. The van der Waals surface area contributed by atoms with Crippen LogP contribution in [0.4, 0.5) is 0 Å². The number of hydrogen-bond donors (Lipinski definition) is 2. The van der Waals surface area contributed by atoms with Crippen LogP contribution in [0.2, 0.25) is 0 Å². The van der Waals surface area contributed by atoms with Crippen molar-refractivity contribution < 1.29 is 9.52 Å². The maximum absolute atomic E-state index is 9.86. The maximum atomic E-state index is 9.86. The lowest BCUT2D eigenvalue weighted by Crippen LogP contribution is -2.36. The van der Waals surface area contributed by atoms with Crippen molar-refractivity contribution in [3.05, 3.63) is 23.7 Å².